The molecule has 0 bridgehead atoms. The third kappa shape index (κ3) is 1.39. The van der Waals surface area contributed by atoms with Crippen molar-refractivity contribution in [1.29, 1.82) is 5.26 Å². The summed E-state index contributed by atoms with van der Waals surface area (Å²) in [5.74, 6) is 1.51. The number of para-hydroxylation sites is 1. The Bertz CT molecular complexity index is 381. The van der Waals surface area contributed by atoms with E-state index < -0.39 is 0 Å². The van der Waals surface area contributed by atoms with Crippen molar-refractivity contribution >= 4 is 0 Å². The molecule has 3 heteroatoms. The van der Waals surface area contributed by atoms with Crippen molar-refractivity contribution in [2.75, 3.05) is 13.7 Å². The predicted octanol–water partition coefficient (Wildman–Crippen LogP) is 1.77. The summed E-state index contributed by atoms with van der Waals surface area (Å²) < 4.78 is 10.7. The summed E-state index contributed by atoms with van der Waals surface area (Å²) in [6, 6.07) is 7.97. The molecule has 0 aromatic heterocycles. The maximum Gasteiger partial charge on any atom is 0.164 e. The predicted molar refractivity (Wildman–Crippen MR) is 51.3 cm³/mol. The summed E-state index contributed by atoms with van der Waals surface area (Å²) in [5.41, 5.74) is 1.06. The molecule has 0 saturated heterocycles. The van der Waals surface area contributed by atoms with Gasteiger partial charge in [-0.25, -0.2) is 0 Å². The number of nitrogens with zero attached hydrogens (tertiary/aromatic N) is 1. The maximum atomic E-state index is 8.78. The highest BCUT2D eigenvalue weighted by Gasteiger charge is 2.21. The number of hydrogen-bond acceptors (Lipinski definition) is 3. The van der Waals surface area contributed by atoms with Gasteiger partial charge in [0.1, 0.15) is 6.61 Å². The summed E-state index contributed by atoms with van der Waals surface area (Å²) in [7, 11) is 1.62. The molecule has 1 aromatic rings. The highest BCUT2D eigenvalue weighted by atomic mass is 16.5. The largest absolute Gasteiger partial charge is 0.493 e. The second-order valence-electron chi connectivity index (χ2n) is 3.29. The van der Waals surface area contributed by atoms with E-state index in [4.69, 9.17) is 14.7 Å². The van der Waals surface area contributed by atoms with Gasteiger partial charge in [0.2, 0.25) is 0 Å². The van der Waals surface area contributed by atoms with Crippen LogP contribution in [0.3, 0.4) is 0 Å². The number of rotatable bonds is 1. The smallest absolute Gasteiger partial charge is 0.164 e. The lowest BCUT2D eigenvalue weighted by Gasteiger charge is -2.22. The first-order chi connectivity index (χ1) is 6.85. The van der Waals surface area contributed by atoms with Gasteiger partial charge in [-0.05, 0) is 18.1 Å². The molecule has 0 N–H and O–H groups in total. The van der Waals surface area contributed by atoms with Gasteiger partial charge < -0.3 is 9.47 Å². The van der Waals surface area contributed by atoms with Crippen LogP contribution < -0.4 is 9.47 Å². The fraction of sp³-hybridized carbons (Fsp3) is 0.364. The van der Waals surface area contributed by atoms with Gasteiger partial charge in [0, 0.05) is 0 Å². The van der Waals surface area contributed by atoms with Gasteiger partial charge in [0.05, 0.1) is 19.1 Å². The van der Waals surface area contributed by atoms with Gasteiger partial charge in [0.25, 0.3) is 0 Å². The monoisotopic (exact) mass is 189 g/mol. The molecule has 1 heterocycles. The van der Waals surface area contributed by atoms with E-state index in [1.165, 1.54) is 0 Å². The number of nitriles is 1. The van der Waals surface area contributed by atoms with Crippen LogP contribution in [-0.2, 0) is 6.42 Å². The van der Waals surface area contributed by atoms with Crippen molar-refractivity contribution in [3.63, 3.8) is 0 Å². The fourth-order valence-electron chi connectivity index (χ4n) is 1.64. The lowest BCUT2D eigenvalue weighted by molar-refractivity contribution is 0.239. The van der Waals surface area contributed by atoms with Crippen LogP contribution in [0.1, 0.15) is 5.56 Å². The van der Waals surface area contributed by atoms with E-state index in [9.17, 15) is 0 Å². The standard InChI is InChI=1S/C11H11NO2/c1-13-10-4-2-3-9-5-8(6-12)7-14-11(9)10/h2-4,8H,5,7H2,1H3. The number of ether oxygens (including phenoxy) is 2. The van der Waals surface area contributed by atoms with E-state index >= 15 is 0 Å². The average molecular weight is 189 g/mol. The second kappa shape index (κ2) is 3.59. The van der Waals surface area contributed by atoms with Crippen LogP contribution in [0.4, 0.5) is 0 Å². The van der Waals surface area contributed by atoms with Crippen LogP contribution in [0, 0.1) is 17.2 Å². The number of fused-ring (bicyclic) bond motifs is 1. The Balaban J connectivity index is 2.36. The fourth-order valence-corrected chi connectivity index (χ4v) is 1.64. The normalized spacial score (nSPS) is 19.0. The molecule has 0 fully saturated rings. The van der Waals surface area contributed by atoms with Crippen molar-refractivity contribution in [3.8, 4) is 17.6 Å². The number of benzene rings is 1. The van der Waals surface area contributed by atoms with Crippen LogP contribution in [0.15, 0.2) is 18.2 Å². The van der Waals surface area contributed by atoms with E-state index in [2.05, 4.69) is 6.07 Å². The molecule has 1 atom stereocenters. The van der Waals surface area contributed by atoms with E-state index in [0.29, 0.717) is 6.61 Å². The summed E-state index contributed by atoms with van der Waals surface area (Å²) >= 11 is 0. The first kappa shape index (κ1) is 8.89. The van der Waals surface area contributed by atoms with Gasteiger partial charge in [-0.2, -0.15) is 5.26 Å². The topological polar surface area (TPSA) is 42.2 Å². The quantitative estimate of drug-likeness (QED) is 0.676. The molecule has 2 rings (SSSR count). The van der Waals surface area contributed by atoms with E-state index in [-0.39, 0.29) is 5.92 Å². The van der Waals surface area contributed by atoms with Gasteiger partial charge in [-0.1, -0.05) is 12.1 Å². The van der Waals surface area contributed by atoms with Crippen molar-refractivity contribution in [3.05, 3.63) is 23.8 Å². The minimum Gasteiger partial charge on any atom is -0.493 e. The van der Waals surface area contributed by atoms with Crippen molar-refractivity contribution in [2.45, 2.75) is 6.42 Å². The van der Waals surface area contributed by atoms with Crippen LogP contribution in [0.2, 0.25) is 0 Å². The average Bonchev–Trinajstić information content (AvgIpc) is 2.27. The third-order valence-corrected chi connectivity index (χ3v) is 2.36. The van der Waals surface area contributed by atoms with Crippen molar-refractivity contribution in [2.24, 2.45) is 5.92 Å². The molecular weight excluding hydrogens is 178 g/mol. The Morgan fingerprint density at radius 2 is 2.43 bits per heavy atom. The zero-order valence-electron chi connectivity index (χ0n) is 7.99. The zero-order chi connectivity index (χ0) is 9.97. The van der Waals surface area contributed by atoms with Crippen LogP contribution in [0.25, 0.3) is 0 Å². The molecule has 0 saturated carbocycles. The molecule has 0 aliphatic carbocycles. The third-order valence-electron chi connectivity index (χ3n) is 2.36. The van der Waals surface area contributed by atoms with E-state index in [1.54, 1.807) is 7.11 Å². The molecule has 0 amide bonds. The summed E-state index contributed by atoms with van der Waals surface area (Å²) in [6.07, 6.45) is 0.753. The lowest BCUT2D eigenvalue weighted by Crippen LogP contribution is -2.19. The Labute approximate surface area is 82.9 Å². The molecule has 72 valence electrons. The maximum absolute atomic E-state index is 8.78. The summed E-state index contributed by atoms with van der Waals surface area (Å²) in [6.45, 7) is 0.462. The van der Waals surface area contributed by atoms with Crippen molar-refractivity contribution < 1.29 is 9.47 Å². The molecular formula is C11H11NO2. The van der Waals surface area contributed by atoms with Crippen LogP contribution >= 0.6 is 0 Å². The lowest BCUT2D eigenvalue weighted by atomic mass is 9.98. The summed E-state index contributed by atoms with van der Waals surface area (Å²) in [4.78, 5) is 0. The zero-order valence-corrected chi connectivity index (χ0v) is 7.99. The van der Waals surface area contributed by atoms with Gasteiger partial charge in [-0.3, -0.25) is 0 Å². The minimum atomic E-state index is -0.0328. The molecule has 3 nitrogen and oxygen atoms in total. The highest BCUT2D eigenvalue weighted by molar-refractivity contribution is 5.48. The number of hydrogen-bond donors (Lipinski definition) is 0. The molecule has 1 unspecified atom stereocenters. The first-order valence-electron chi connectivity index (χ1n) is 4.53. The molecule has 0 radical (unpaired) electrons. The highest BCUT2D eigenvalue weighted by Crippen LogP contribution is 2.35. The van der Waals surface area contributed by atoms with Crippen LogP contribution in [-0.4, -0.2) is 13.7 Å². The Morgan fingerprint density at radius 3 is 3.14 bits per heavy atom. The molecule has 14 heavy (non-hydrogen) atoms. The van der Waals surface area contributed by atoms with E-state index in [0.717, 1.165) is 23.5 Å². The first-order valence-corrected chi connectivity index (χ1v) is 4.53. The van der Waals surface area contributed by atoms with Crippen molar-refractivity contribution in [1.82, 2.24) is 0 Å². The van der Waals surface area contributed by atoms with Gasteiger partial charge in [0.15, 0.2) is 11.5 Å². The Kier molecular flexibility index (Phi) is 2.28. The Hall–Kier alpha value is -1.69. The molecule has 1 aromatic carbocycles. The molecule has 1 aliphatic rings. The van der Waals surface area contributed by atoms with Gasteiger partial charge in [-0.15, -0.1) is 0 Å². The molecule has 0 spiro atoms. The molecule has 1 aliphatic heterocycles. The van der Waals surface area contributed by atoms with Gasteiger partial charge >= 0.3 is 0 Å². The van der Waals surface area contributed by atoms with Crippen LogP contribution in [0.5, 0.6) is 11.5 Å². The Morgan fingerprint density at radius 1 is 1.57 bits per heavy atom. The van der Waals surface area contributed by atoms with E-state index in [1.807, 2.05) is 18.2 Å². The second-order valence-corrected chi connectivity index (χ2v) is 3.29. The SMILES string of the molecule is COc1cccc2c1OCC(C#N)C2. The number of methoxy groups -OCH3 is 1. The minimum absolute atomic E-state index is 0.0328. The summed E-state index contributed by atoms with van der Waals surface area (Å²) in [5, 5.41) is 8.78.